The van der Waals surface area contributed by atoms with E-state index in [2.05, 4.69) is 27.4 Å². The van der Waals surface area contributed by atoms with E-state index in [0.717, 1.165) is 12.8 Å². The van der Waals surface area contributed by atoms with Gasteiger partial charge in [-0.1, -0.05) is 19.9 Å². The topological polar surface area (TPSA) is 32.8 Å². The summed E-state index contributed by atoms with van der Waals surface area (Å²) in [6.45, 7) is 10.3. The molecule has 0 spiro atoms. The molecule has 1 aliphatic heterocycles. The van der Waals surface area contributed by atoms with E-state index >= 15 is 0 Å². The van der Waals surface area contributed by atoms with Crippen molar-refractivity contribution in [1.29, 1.82) is 0 Å². The molecule has 0 aromatic carbocycles. The van der Waals surface area contributed by atoms with Crippen molar-refractivity contribution in [1.82, 2.24) is 0 Å². The smallest absolute Gasteiger partial charge is 0.129 e. The highest BCUT2D eigenvalue weighted by Gasteiger charge is 2.77. The van der Waals surface area contributed by atoms with Crippen molar-refractivity contribution in [2.75, 3.05) is 0 Å². The monoisotopic (exact) mass is 210 g/mol. The maximum absolute atomic E-state index is 10.3. The first-order valence-corrected chi connectivity index (χ1v) is 5.89. The first kappa shape index (κ1) is 11.2. The molecular formula is C13H22O2. The first-order chi connectivity index (χ1) is 6.90. The normalized spacial score (nSPS) is 44.3. The van der Waals surface area contributed by atoms with Crippen LogP contribution in [0.25, 0.3) is 0 Å². The number of fused-ring (bicyclic) bond motifs is 1. The summed E-state index contributed by atoms with van der Waals surface area (Å²) in [6, 6.07) is 0. The molecular weight excluding hydrogens is 188 g/mol. The summed E-state index contributed by atoms with van der Waals surface area (Å²) in [4.78, 5) is 0. The van der Waals surface area contributed by atoms with Crippen LogP contribution in [0.1, 0.15) is 46.5 Å². The minimum atomic E-state index is -0.407. The second kappa shape index (κ2) is 3.08. The average Bonchev–Trinajstić information content (AvgIpc) is 2.75. The second-order valence-corrected chi connectivity index (χ2v) is 5.85. The van der Waals surface area contributed by atoms with E-state index < -0.39 is 6.10 Å². The third-order valence-corrected chi connectivity index (χ3v) is 4.45. The predicted molar refractivity (Wildman–Crippen MR) is 60.7 cm³/mol. The molecule has 2 nitrogen and oxygen atoms in total. The van der Waals surface area contributed by atoms with Crippen molar-refractivity contribution in [3.63, 3.8) is 0 Å². The fraction of sp³-hybridized carbons (Fsp3) is 0.846. The largest absolute Gasteiger partial charge is 0.390 e. The Balaban J connectivity index is 2.29. The van der Waals surface area contributed by atoms with Gasteiger partial charge in [0, 0.05) is 0 Å². The van der Waals surface area contributed by atoms with E-state index in [1.807, 2.05) is 0 Å². The molecule has 1 saturated heterocycles. The molecule has 1 N–H and O–H groups in total. The van der Waals surface area contributed by atoms with Gasteiger partial charge in [-0.05, 0) is 38.0 Å². The minimum Gasteiger partial charge on any atom is -0.390 e. The number of aliphatic hydroxyl groups excluding tert-OH is 1. The minimum absolute atomic E-state index is 0.0719. The lowest BCUT2D eigenvalue weighted by Crippen LogP contribution is -2.50. The van der Waals surface area contributed by atoms with Crippen molar-refractivity contribution >= 4 is 0 Å². The maximum atomic E-state index is 10.3. The van der Waals surface area contributed by atoms with Crippen LogP contribution in [-0.4, -0.2) is 22.4 Å². The van der Waals surface area contributed by atoms with E-state index in [9.17, 15) is 5.11 Å². The molecule has 1 saturated carbocycles. The van der Waals surface area contributed by atoms with E-state index in [4.69, 9.17) is 4.74 Å². The van der Waals surface area contributed by atoms with Gasteiger partial charge in [-0.25, -0.2) is 0 Å². The molecule has 2 aliphatic rings. The lowest BCUT2D eigenvalue weighted by molar-refractivity contribution is -0.00558. The molecule has 15 heavy (non-hydrogen) atoms. The Morgan fingerprint density at radius 3 is 2.60 bits per heavy atom. The Kier molecular flexibility index (Phi) is 2.29. The van der Waals surface area contributed by atoms with Gasteiger partial charge in [-0.15, -0.1) is 6.58 Å². The molecule has 2 fully saturated rings. The van der Waals surface area contributed by atoms with Crippen LogP contribution in [0.2, 0.25) is 0 Å². The molecule has 3 unspecified atom stereocenters. The fourth-order valence-electron chi connectivity index (χ4n) is 3.67. The van der Waals surface area contributed by atoms with E-state index in [0.29, 0.717) is 6.42 Å². The highest BCUT2D eigenvalue weighted by molar-refractivity contribution is 5.25. The Hall–Kier alpha value is -0.340. The van der Waals surface area contributed by atoms with E-state index in [1.165, 1.54) is 6.42 Å². The summed E-state index contributed by atoms with van der Waals surface area (Å²) in [5, 5.41) is 10.3. The van der Waals surface area contributed by atoms with Crippen LogP contribution < -0.4 is 0 Å². The zero-order valence-electron chi connectivity index (χ0n) is 10.0. The average molecular weight is 210 g/mol. The number of epoxide rings is 1. The Bertz CT molecular complexity index is 284. The van der Waals surface area contributed by atoms with Crippen LogP contribution in [0.15, 0.2) is 12.7 Å². The quantitative estimate of drug-likeness (QED) is 0.574. The Labute approximate surface area is 92.3 Å². The number of rotatable bonds is 3. The SMILES string of the molecule is C=CCC(O)C12OC1(C)CCCC2(C)C. The highest BCUT2D eigenvalue weighted by Crippen LogP contribution is 2.67. The predicted octanol–water partition coefficient (Wildman–Crippen LogP) is 2.66. The number of hydrogen-bond acceptors (Lipinski definition) is 2. The molecule has 0 aromatic rings. The Morgan fingerprint density at radius 2 is 2.07 bits per heavy atom. The summed E-state index contributed by atoms with van der Waals surface area (Å²) in [5.41, 5.74) is -0.355. The number of hydrogen-bond donors (Lipinski definition) is 1. The molecule has 0 amide bonds. The van der Waals surface area contributed by atoms with Gasteiger partial charge in [0.15, 0.2) is 0 Å². The van der Waals surface area contributed by atoms with Crippen LogP contribution in [-0.2, 0) is 4.74 Å². The van der Waals surface area contributed by atoms with Gasteiger partial charge in [-0.2, -0.15) is 0 Å². The molecule has 1 heterocycles. The van der Waals surface area contributed by atoms with E-state index in [1.54, 1.807) is 6.08 Å². The van der Waals surface area contributed by atoms with Crippen LogP contribution in [0, 0.1) is 5.41 Å². The van der Waals surface area contributed by atoms with Gasteiger partial charge in [0.2, 0.25) is 0 Å². The van der Waals surface area contributed by atoms with Gasteiger partial charge >= 0.3 is 0 Å². The fourth-order valence-corrected chi connectivity index (χ4v) is 3.67. The van der Waals surface area contributed by atoms with Crippen LogP contribution >= 0.6 is 0 Å². The van der Waals surface area contributed by atoms with Gasteiger partial charge in [0.05, 0.1) is 11.7 Å². The lowest BCUT2D eigenvalue weighted by Gasteiger charge is -2.40. The van der Waals surface area contributed by atoms with Crippen molar-refractivity contribution in [3.8, 4) is 0 Å². The molecule has 0 bridgehead atoms. The Morgan fingerprint density at radius 1 is 1.40 bits per heavy atom. The molecule has 3 atom stereocenters. The third kappa shape index (κ3) is 1.24. The maximum Gasteiger partial charge on any atom is 0.129 e. The van der Waals surface area contributed by atoms with Gasteiger partial charge in [0.25, 0.3) is 0 Å². The number of aliphatic hydroxyl groups is 1. The van der Waals surface area contributed by atoms with Gasteiger partial charge in [0.1, 0.15) is 5.60 Å². The summed E-state index contributed by atoms with van der Waals surface area (Å²) in [5.74, 6) is 0. The standard InChI is InChI=1S/C13H22O2/c1-5-7-10(14)13-11(2,3)8-6-9-12(13,4)15-13/h5,10,14H,1,6-9H2,2-4H3. The summed E-state index contributed by atoms with van der Waals surface area (Å²) in [6.07, 6.45) is 5.41. The zero-order chi connectivity index (χ0) is 11.3. The summed E-state index contributed by atoms with van der Waals surface area (Å²) < 4.78 is 5.98. The second-order valence-electron chi connectivity index (χ2n) is 5.85. The molecule has 0 radical (unpaired) electrons. The van der Waals surface area contributed by atoms with Crippen LogP contribution in [0.5, 0.6) is 0 Å². The zero-order valence-corrected chi connectivity index (χ0v) is 10.0. The van der Waals surface area contributed by atoms with E-state index in [-0.39, 0.29) is 16.6 Å². The lowest BCUT2D eigenvalue weighted by atomic mass is 9.61. The molecule has 1 aliphatic carbocycles. The summed E-state index contributed by atoms with van der Waals surface area (Å²) in [7, 11) is 0. The molecule has 0 aromatic heterocycles. The van der Waals surface area contributed by atoms with Gasteiger partial charge in [-0.3, -0.25) is 0 Å². The molecule has 86 valence electrons. The molecule has 2 rings (SSSR count). The highest BCUT2D eigenvalue weighted by atomic mass is 16.6. The van der Waals surface area contributed by atoms with Crippen LogP contribution in [0.3, 0.4) is 0 Å². The summed E-state index contributed by atoms with van der Waals surface area (Å²) >= 11 is 0. The molecule has 2 heteroatoms. The van der Waals surface area contributed by atoms with Crippen molar-refractivity contribution in [2.24, 2.45) is 5.41 Å². The van der Waals surface area contributed by atoms with Crippen molar-refractivity contribution in [2.45, 2.75) is 63.8 Å². The van der Waals surface area contributed by atoms with Gasteiger partial charge < -0.3 is 9.84 Å². The van der Waals surface area contributed by atoms with Crippen molar-refractivity contribution < 1.29 is 9.84 Å². The van der Waals surface area contributed by atoms with Crippen molar-refractivity contribution in [3.05, 3.63) is 12.7 Å². The van der Waals surface area contributed by atoms with Crippen LogP contribution in [0.4, 0.5) is 0 Å². The first-order valence-electron chi connectivity index (χ1n) is 5.89. The number of ether oxygens (including phenoxy) is 1. The third-order valence-electron chi connectivity index (χ3n) is 4.45.